The predicted molar refractivity (Wildman–Crippen MR) is 108 cm³/mol. The molecule has 1 saturated heterocycles. The molecule has 2 fully saturated rings. The molecule has 2 rings (SSSR count). The number of thioether (sulfide) groups is 1. The van der Waals surface area contributed by atoms with Crippen LogP contribution in [0.25, 0.3) is 0 Å². The molecule has 1 heterocycles. The fourth-order valence-corrected chi connectivity index (χ4v) is 4.13. The van der Waals surface area contributed by atoms with Gasteiger partial charge in [0.15, 0.2) is 5.96 Å². The summed E-state index contributed by atoms with van der Waals surface area (Å²) in [7, 11) is 1.78. The number of guanidine groups is 1. The van der Waals surface area contributed by atoms with E-state index in [9.17, 15) is 4.79 Å². The molecule has 1 atom stereocenters. The van der Waals surface area contributed by atoms with Gasteiger partial charge in [-0.2, -0.15) is 11.8 Å². The molecule has 1 saturated carbocycles. The Morgan fingerprint density at radius 3 is 2.65 bits per heavy atom. The standard InChI is InChI=1S/C16H29N3O2S.HI/c1-17-16(19-12-14-8-5-11-22-14)18-10-4-9-15(20)21-13-6-2-3-7-13;/h13-14H,2-12H2,1H3,(H2,17,18,19);1H. The van der Waals surface area contributed by atoms with Crippen LogP contribution < -0.4 is 10.6 Å². The van der Waals surface area contributed by atoms with E-state index in [1.165, 1.54) is 31.4 Å². The van der Waals surface area contributed by atoms with E-state index in [2.05, 4.69) is 15.6 Å². The topological polar surface area (TPSA) is 62.7 Å². The average Bonchev–Trinajstić information content (AvgIpc) is 3.20. The molecule has 2 N–H and O–H groups in total. The van der Waals surface area contributed by atoms with Crippen LogP contribution in [0.15, 0.2) is 4.99 Å². The zero-order valence-corrected chi connectivity index (χ0v) is 17.2. The molecule has 0 amide bonds. The molecule has 0 aromatic heterocycles. The fraction of sp³-hybridized carbons (Fsp3) is 0.875. The van der Waals surface area contributed by atoms with Gasteiger partial charge in [0.25, 0.3) is 0 Å². The van der Waals surface area contributed by atoms with Crippen LogP contribution in [-0.2, 0) is 9.53 Å². The van der Waals surface area contributed by atoms with E-state index in [0.717, 1.165) is 38.3 Å². The highest BCUT2D eigenvalue weighted by molar-refractivity contribution is 14.0. The van der Waals surface area contributed by atoms with Crippen molar-refractivity contribution in [1.82, 2.24) is 10.6 Å². The minimum Gasteiger partial charge on any atom is -0.462 e. The van der Waals surface area contributed by atoms with Crippen molar-refractivity contribution in [2.75, 3.05) is 25.9 Å². The first-order valence-electron chi connectivity index (χ1n) is 8.53. The highest BCUT2D eigenvalue weighted by Crippen LogP contribution is 2.25. The third kappa shape index (κ3) is 8.47. The minimum absolute atomic E-state index is 0. The summed E-state index contributed by atoms with van der Waals surface area (Å²) >= 11 is 2.04. The van der Waals surface area contributed by atoms with Gasteiger partial charge in [0.05, 0.1) is 0 Å². The van der Waals surface area contributed by atoms with Crippen LogP contribution in [-0.4, -0.2) is 49.2 Å². The molecule has 0 radical (unpaired) electrons. The van der Waals surface area contributed by atoms with Crippen LogP contribution >= 0.6 is 35.7 Å². The number of esters is 1. The molecule has 7 heteroatoms. The zero-order chi connectivity index (χ0) is 15.6. The quantitative estimate of drug-likeness (QED) is 0.203. The van der Waals surface area contributed by atoms with Crippen LogP contribution in [0, 0.1) is 0 Å². The third-order valence-electron chi connectivity index (χ3n) is 4.20. The summed E-state index contributed by atoms with van der Waals surface area (Å²) in [5.41, 5.74) is 0. The summed E-state index contributed by atoms with van der Waals surface area (Å²) in [6.07, 6.45) is 8.54. The van der Waals surface area contributed by atoms with Gasteiger partial charge >= 0.3 is 5.97 Å². The molecule has 134 valence electrons. The van der Waals surface area contributed by atoms with E-state index in [0.29, 0.717) is 11.7 Å². The van der Waals surface area contributed by atoms with Gasteiger partial charge in [0.1, 0.15) is 6.10 Å². The number of carbonyl (C=O) groups excluding carboxylic acids is 1. The van der Waals surface area contributed by atoms with Crippen LogP contribution in [0.3, 0.4) is 0 Å². The van der Waals surface area contributed by atoms with Crippen LogP contribution in [0.5, 0.6) is 0 Å². The Kier molecular flexibility index (Phi) is 11.1. The fourth-order valence-electron chi connectivity index (χ4n) is 2.93. The predicted octanol–water partition coefficient (Wildman–Crippen LogP) is 2.93. The van der Waals surface area contributed by atoms with Crippen molar-refractivity contribution in [2.24, 2.45) is 4.99 Å². The second-order valence-electron chi connectivity index (χ2n) is 6.01. The smallest absolute Gasteiger partial charge is 0.306 e. The van der Waals surface area contributed by atoms with Crippen LogP contribution in [0.1, 0.15) is 51.4 Å². The van der Waals surface area contributed by atoms with Gasteiger partial charge in [0, 0.05) is 31.8 Å². The molecule has 0 bridgehead atoms. The number of hydrogen-bond donors (Lipinski definition) is 2. The van der Waals surface area contributed by atoms with E-state index in [4.69, 9.17) is 4.74 Å². The van der Waals surface area contributed by atoms with E-state index >= 15 is 0 Å². The van der Waals surface area contributed by atoms with Crippen molar-refractivity contribution in [2.45, 2.75) is 62.7 Å². The van der Waals surface area contributed by atoms with Crippen LogP contribution in [0.4, 0.5) is 0 Å². The van der Waals surface area contributed by atoms with Gasteiger partial charge in [-0.05, 0) is 50.7 Å². The molecule has 0 aromatic carbocycles. The zero-order valence-electron chi connectivity index (χ0n) is 14.0. The number of nitrogens with one attached hydrogen (secondary N) is 2. The second-order valence-corrected chi connectivity index (χ2v) is 7.42. The SMILES string of the molecule is CN=C(NCCCC(=O)OC1CCCC1)NCC1CCCS1.I. The van der Waals surface area contributed by atoms with Crippen molar-refractivity contribution < 1.29 is 9.53 Å². The second kappa shape index (κ2) is 12.2. The molecule has 1 aliphatic heterocycles. The Balaban J connectivity index is 0.00000264. The summed E-state index contributed by atoms with van der Waals surface area (Å²) in [6, 6.07) is 0. The lowest BCUT2D eigenvalue weighted by atomic mass is 10.2. The van der Waals surface area contributed by atoms with Crippen molar-refractivity contribution in [3.05, 3.63) is 0 Å². The number of ether oxygens (including phenoxy) is 1. The van der Waals surface area contributed by atoms with Gasteiger partial charge in [0.2, 0.25) is 0 Å². The summed E-state index contributed by atoms with van der Waals surface area (Å²) in [4.78, 5) is 15.9. The van der Waals surface area contributed by atoms with E-state index in [-0.39, 0.29) is 36.0 Å². The normalized spacial score (nSPS) is 21.8. The maximum absolute atomic E-state index is 11.7. The maximum atomic E-state index is 11.7. The largest absolute Gasteiger partial charge is 0.462 e. The van der Waals surface area contributed by atoms with Gasteiger partial charge in [-0.3, -0.25) is 9.79 Å². The molecule has 23 heavy (non-hydrogen) atoms. The molecule has 0 aromatic rings. The van der Waals surface area contributed by atoms with Crippen molar-refractivity contribution in [1.29, 1.82) is 0 Å². The lowest BCUT2D eigenvalue weighted by molar-refractivity contribution is -0.148. The highest BCUT2D eigenvalue weighted by atomic mass is 127. The molecular weight excluding hydrogens is 425 g/mol. The molecule has 1 unspecified atom stereocenters. The summed E-state index contributed by atoms with van der Waals surface area (Å²) < 4.78 is 5.44. The Morgan fingerprint density at radius 2 is 2.00 bits per heavy atom. The number of nitrogens with zero attached hydrogens (tertiary/aromatic N) is 1. The molecule has 1 aliphatic carbocycles. The van der Waals surface area contributed by atoms with E-state index in [1.54, 1.807) is 7.05 Å². The first-order chi connectivity index (χ1) is 10.8. The van der Waals surface area contributed by atoms with Crippen molar-refractivity contribution in [3.63, 3.8) is 0 Å². The van der Waals surface area contributed by atoms with Gasteiger partial charge in [-0.15, -0.1) is 24.0 Å². The summed E-state index contributed by atoms with van der Waals surface area (Å²) in [6.45, 7) is 1.71. The summed E-state index contributed by atoms with van der Waals surface area (Å²) in [5, 5.41) is 7.33. The van der Waals surface area contributed by atoms with E-state index in [1.807, 2.05) is 11.8 Å². The first-order valence-corrected chi connectivity index (χ1v) is 9.58. The number of halogens is 1. The first kappa shape index (κ1) is 20.9. The van der Waals surface area contributed by atoms with Crippen LogP contribution in [0.2, 0.25) is 0 Å². The Hall–Kier alpha value is -0.180. The third-order valence-corrected chi connectivity index (χ3v) is 5.59. The van der Waals surface area contributed by atoms with Gasteiger partial charge in [-0.25, -0.2) is 0 Å². The highest BCUT2D eigenvalue weighted by Gasteiger charge is 2.19. The van der Waals surface area contributed by atoms with Crippen molar-refractivity contribution in [3.8, 4) is 0 Å². The summed E-state index contributed by atoms with van der Waals surface area (Å²) in [5.74, 6) is 2.05. The molecule has 0 spiro atoms. The maximum Gasteiger partial charge on any atom is 0.306 e. The molecule has 5 nitrogen and oxygen atoms in total. The monoisotopic (exact) mass is 455 g/mol. The minimum atomic E-state index is -0.0565. The number of hydrogen-bond acceptors (Lipinski definition) is 4. The van der Waals surface area contributed by atoms with E-state index < -0.39 is 0 Å². The van der Waals surface area contributed by atoms with Gasteiger partial charge in [-0.1, -0.05) is 0 Å². The Bertz CT molecular complexity index is 370. The Labute approximate surface area is 161 Å². The van der Waals surface area contributed by atoms with Gasteiger partial charge < -0.3 is 15.4 Å². The Morgan fingerprint density at radius 1 is 1.22 bits per heavy atom. The lowest BCUT2D eigenvalue weighted by Gasteiger charge is -2.15. The number of aliphatic imine (C=N–C) groups is 1. The van der Waals surface area contributed by atoms with Crippen molar-refractivity contribution >= 4 is 47.7 Å². The lowest BCUT2D eigenvalue weighted by Crippen LogP contribution is -2.40. The number of carbonyl (C=O) groups is 1. The average molecular weight is 455 g/mol. The molecular formula is C16H30IN3O2S. The molecule has 2 aliphatic rings. The number of rotatable bonds is 7.